The van der Waals surface area contributed by atoms with E-state index in [-0.39, 0.29) is 34.6 Å². The van der Waals surface area contributed by atoms with Crippen LogP contribution in [-0.4, -0.2) is 84.2 Å². The Bertz CT molecular complexity index is 1400. The van der Waals surface area contributed by atoms with Gasteiger partial charge in [-0.25, -0.2) is 19.0 Å². The molecule has 0 bridgehead atoms. The lowest BCUT2D eigenvalue weighted by atomic mass is 10.00. The van der Waals surface area contributed by atoms with Crippen molar-refractivity contribution in [1.29, 1.82) is 0 Å². The SMILES string of the molecule is CC(C)OC(=O)C(C)NP(=O)(OCCSC(=O)C(C)(C)C)OC[C@H]1O[C@@H](n2cnc3c(=O)[nH]c(N)nc32)[C@](F)(Cl)[C@@H]1O. The number of anilines is 1. The molecule has 0 saturated carbocycles. The molecule has 1 aliphatic rings. The zero-order valence-electron chi connectivity index (χ0n) is 23.8. The predicted octanol–water partition coefficient (Wildman–Crippen LogP) is 2.24. The third kappa shape index (κ3) is 8.08. The van der Waals surface area contributed by atoms with Crippen LogP contribution in [0, 0.1) is 5.41 Å². The number of nitrogens with zero attached hydrogens (tertiary/aromatic N) is 3. The maximum Gasteiger partial charge on any atom is 0.406 e. The first-order valence-electron chi connectivity index (χ1n) is 12.8. The van der Waals surface area contributed by atoms with E-state index in [9.17, 15) is 24.1 Å². The normalized spacial score (nSPS) is 25.0. The number of carbonyl (C=O) groups is 2. The zero-order chi connectivity index (χ0) is 31.6. The van der Waals surface area contributed by atoms with E-state index in [0.717, 1.165) is 22.7 Å². The summed E-state index contributed by atoms with van der Waals surface area (Å²) in [6, 6.07) is -1.16. The standard InChI is InChI=1S/C23H35ClFN6O9PS/c1-11(2)39-18(34)12(3)30-41(36,37-7-8-42-20(35)22(4,5)6)38-9-13-15(32)23(24,25)19(40-13)31-10-27-14-16(31)28-21(26)29-17(14)33/h10-13,15,19,32H,7-9H2,1-6H3,(H,30,36)(H3,26,28,29,33)/t12?,13-,15-,19-,23+,41?/m1/s1. The van der Waals surface area contributed by atoms with E-state index in [0.29, 0.717) is 0 Å². The maximum absolute atomic E-state index is 15.6. The molecule has 2 unspecified atom stereocenters. The van der Waals surface area contributed by atoms with Gasteiger partial charge in [-0.15, -0.1) is 0 Å². The largest absolute Gasteiger partial charge is 0.462 e. The molecule has 15 nitrogen and oxygen atoms in total. The molecule has 1 fully saturated rings. The molecular formula is C23H35ClFN6O9PS. The fourth-order valence-corrected chi connectivity index (χ4v) is 6.32. The molecule has 236 valence electrons. The number of imidazole rings is 1. The monoisotopic (exact) mass is 656 g/mol. The minimum absolute atomic E-state index is 0.110. The zero-order valence-corrected chi connectivity index (χ0v) is 26.3. The average Bonchev–Trinajstić information content (AvgIpc) is 3.37. The number of esters is 1. The van der Waals surface area contributed by atoms with E-state index in [1.54, 1.807) is 34.6 Å². The van der Waals surface area contributed by atoms with Crippen LogP contribution in [0.15, 0.2) is 11.1 Å². The van der Waals surface area contributed by atoms with E-state index in [1.807, 2.05) is 0 Å². The van der Waals surface area contributed by atoms with E-state index in [4.69, 9.17) is 35.9 Å². The minimum atomic E-state index is -4.35. The van der Waals surface area contributed by atoms with Crippen molar-refractivity contribution in [2.75, 3.05) is 24.7 Å². The van der Waals surface area contributed by atoms with Crippen LogP contribution in [0.4, 0.5) is 10.3 Å². The summed E-state index contributed by atoms with van der Waals surface area (Å²) in [6.07, 6.45) is -4.71. The second-order valence-corrected chi connectivity index (χ2v) is 14.2. The molecule has 1 saturated heterocycles. The summed E-state index contributed by atoms with van der Waals surface area (Å²) >= 11 is 7.00. The van der Waals surface area contributed by atoms with E-state index in [1.165, 1.54) is 6.92 Å². The van der Waals surface area contributed by atoms with Gasteiger partial charge in [0.1, 0.15) is 18.2 Å². The molecule has 3 rings (SSSR count). The number of thioether (sulfide) groups is 1. The molecule has 0 radical (unpaired) electrons. The molecule has 6 atom stereocenters. The summed E-state index contributed by atoms with van der Waals surface area (Å²) < 4.78 is 51.9. The molecule has 3 heterocycles. The minimum Gasteiger partial charge on any atom is -0.462 e. The van der Waals surface area contributed by atoms with Gasteiger partial charge < -0.3 is 20.3 Å². The van der Waals surface area contributed by atoms with Crippen molar-refractivity contribution in [1.82, 2.24) is 24.6 Å². The number of fused-ring (bicyclic) bond motifs is 1. The molecule has 2 aromatic heterocycles. The number of ether oxygens (including phenoxy) is 2. The Morgan fingerprint density at radius 1 is 1.38 bits per heavy atom. The van der Waals surface area contributed by atoms with Crippen molar-refractivity contribution >= 4 is 59.3 Å². The molecule has 2 aromatic rings. The summed E-state index contributed by atoms with van der Waals surface area (Å²) in [5.41, 5.74) is 3.96. The van der Waals surface area contributed by atoms with Crippen LogP contribution in [0.3, 0.4) is 0 Å². The highest BCUT2D eigenvalue weighted by molar-refractivity contribution is 8.13. The summed E-state index contributed by atoms with van der Waals surface area (Å²) in [6.45, 7) is 8.93. The lowest BCUT2D eigenvalue weighted by Crippen LogP contribution is -2.39. The number of aliphatic hydroxyl groups is 1. The topological polar surface area (TPSA) is 210 Å². The second-order valence-electron chi connectivity index (χ2n) is 10.8. The number of rotatable bonds is 12. The van der Waals surface area contributed by atoms with Crippen molar-refractivity contribution in [3.63, 3.8) is 0 Å². The van der Waals surface area contributed by atoms with Crippen LogP contribution >= 0.6 is 31.1 Å². The molecule has 0 amide bonds. The fraction of sp³-hybridized carbons (Fsp3) is 0.696. The Kier molecular flexibility index (Phi) is 10.9. The van der Waals surface area contributed by atoms with Crippen molar-refractivity contribution in [3.8, 4) is 0 Å². The quantitative estimate of drug-likeness (QED) is 0.112. The molecule has 0 aliphatic carbocycles. The number of halogens is 2. The van der Waals surface area contributed by atoms with Gasteiger partial charge in [-0.05, 0) is 20.8 Å². The molecule has 42 heavy (non-hydrogen) atoms. The van der Waals surface area contributed by atoms with Crippen LogP contribution < -0.4 is 16.4 Å². The number of alkyl halides is 2. The number of carbonyl (C=O) groups excluding carboxylic acids is 2. The summed E-state index contributed by atoms with van der Waals surface area (Å²) in [5.74, 6) is -0.911. The number of aliphatic hydroxyl groups excluding tert-OH is 1. The second kappa shape index (κ2) is 13.3. The number of nitrogens with two attached hydrogens (primary N) is 1. The number of H-pyrrole nitrogens is 1. The Hall–Kier alpha value is -2.11. The van der Waals surface area contributed by atoms with Gasteiger partial charge in [0.25, 0.3) is 10.7 Å². The number of nitrogen functional groups attached to an aromatic ring is 1. The first-order chi connectivity index (χ1) is 19.4. The number of aromatic amines is 1. The third-order valence-corrected chi connectivity index (χ3v) is 9.11. The third-order valence-electron chi connectivity index (χ3n) is 5.74. The van der Waals surface area contributed by atoms with Gasteiger partial charge >= 0.3 is 13.7 Å². The Balaban J connectivity index is 1.77. The van der Waals surface area contributed by atoms with Gasteiger partial charge in [0.2, 0.25) is 5.95 Å². The van der Waals surface area contributed by atoms with Gasteiger partial charge in [0.15, 0.2) is 22.5 Å². The molecular weight excluding hydrogens is 622 g/mol. The van der Waals surface area contributed by atoms with E-state index < -0.39 is 67.0 Å². The number of hydrogen-bond donors (Lipinski definition) is 4. The summed E-state index contributed by atoms with van der Waals surface area (Å²) in [5, 5.41) is 10.0. The maximum atomic E-state index is 15.6. The highest BCUT2D eigenvalue weighted by Gasteiger charge is 2.58. The first-order valence-corrected chi connectivity index (χ1v) is 15.7. The van der Waals surface area contributed by atoms with Crippen LogP contribution in [0.2, 0.25) is 0 Å². The summed E-state index contributed by atoms with van der Waals surface area (Å²) in [7, 11) is -4.35. The fourth-order valence-electron chi connectivity index (χ4n) is 3.64. The summed E-state index contributed by atoms with van der Waals surface area (Å²) in [4.78, 5) is 46.7. The highest BCUT2D eigenvalue weighted by Crippen LogP contribution is 2.49. The smallest absolute Gasteiger partial charge is 0.406 e. The first kappa shape index (κ1) is 34.4. The molecule has 1 aliphatic heterocycles. The Morgan fingerprint density at radius 3 is 2.67 bits per heavy atom. The van der Waals surface area contributed by atoms with Gasteiger partial charge in [-0.3, -0.25) is 33.0 Å². The highest BCUT2D eigenvalue weighted by atomic mass is 35.5. The molecule has 0 spiro atoms. The lowest BCUT2D eigenvalue weighted by Gasteiger charge is -2.25. The van der Waals surface area contributed by atoms with Gasteiger partial charge in [0, 0.05) is 11.2 Å². The Labute approximate surface area is 249 Å². The van der Waals surface area contributed by atoms with Gasteiger partial charge in [-0.2, -0.15) is 4.98 Å². The van der Waals surface area contributed by atoms with Crippen molar-refractivity contribution in [2.24, 2.45) is 5.41 Å². The lowest BCUT2D eigenvalue weighted by molar-refractivity contribution is -0.149. The number of nitrogens with one attached hydrogen (secondary N) is 2. The molecule has 0 aromatic carbocycles. The Morgan fingerprint density at radius 2 is 2.05 bits per heavy atom. The average molecular weight is 657 g/mol. The molecule has 19 heteroatoms. The van der Waals surface area contributed by atoms with Crippen molar-refractivity contribution in [3.05, 3.63) is 16.7 Å². The van der Waals surface area contributed by atoms with Gasteiger partial charge in [0.05, 0.1) is 25.6 Å². The molecule has 5 N–H and O–H groups in total. The van der Waals surface area contributed by atoms with E-state index in [2.05, 4.69) is 20.0 Å². The van der Waals surface area contributed by atoms with E-state index >= 15 is 4.39 Å². The number of hydrogen-bond acceptors (Lipinski definition) is 13. The van der Waals surface area contributed by atoms with Crippen LogP contribution in [0.5, 0.6) is 0 Å². The van der Waals surface area contributed by atoms with Gasteiger partial charge in [-0.1, -0.05) is 44.1 Å². The van der Waals surface area contributed by atoms with Crippen LogP contribution in [0.1, 0.15) is 47.8 Å². The van der Waals surface area contributed by atoms with Crippen LogP contribution in [-0.2, 0) is 32.7 Å². The van der Waals surface area contributed by atoms with Crippen molar-refractivity contribution < 1.29 is 42.2 Å². The van der Waals surface area contributed by atoms with Crippen LogP contribution in [0.25, 0.3) is 11.2 Å². The van der Waals surface area contributed by atoms with Crippen molar-refractivity contribution in [2.45, 2.75) is 77.3 Å². The number of aromatic nitrogens is 4. The predicted molar refractivity (Wildman–Crippen MR) is 152 cm³/mol.